The summed E-state index contributed by atoms with van der Waals surface area (Å²) in [6.45, 7) is 2.50. The van der Waals surface area contributed by atoms with Crippen LogP contribution >= 0.6 is 12.2 Å². The molecule has 3 N–H and O–H groups in total. The molecule has 1 rings (SSSR count). The van der Waals surface area contributed by atoms with Gasteiger partial charge in [-0.15, -0.1) is 0 Å². The lowest BCUT2D eigenvalue weighted by molar-refractivity contribution is 0.341. The Morgan fingerprint density at radius 2 is 2.54 bits per heavy atom. The molecule has 70 valence electrons. The average Bonchev–Trinajstić information content (AvgIpc) is 2.08. The Balaban J connectivity index is 2.84. The molecule has 13 heavy (non-hydrogen) atoms. The Bertz CT molecular complexity index is 303. The highest BCUT2D eigenvalue weighted by atomic mass is 32.1. The Morgan fingerprint density at radius 1 is 1.77 bits per heavy atom. The number of pyridine rings is 1. The van der Waals surface area contributed by atoms with Crippen LogP contribution in [0.4, 0.5) is 5.69 Å². The molecule has 0 bridgehead atoms. The predicted molar refractivity (Wildman–Crippen MR) is 55.8 cm³/mol. The van der Waals surface area contributed by atoms with Gasteiger partial charge in [0, 0.05) is 12.3 Å². The van der Waals surface area contributed by atoms with E-state index >= 15 is 0 Å². The second kappa shape index (κ2) is 4.61. The van der Waals surface area contributed by atoms with E-state index in [-0.39, 0.29) is 5.11 Å². The summed E-state index contributed by atoms with van der Waals surface area (Å²) in [7, 11) is 0. The van der Waals surface area contributed by atoms with Gasteiger partial charge < -0.3 is 15.8 Å². The van der Waals surface area contributed by atoms with E-state index in [4.69, 9.17) is 22.7 Å². The predicted octanol–water partition coefficient (Wildman–Crippen LogP) is 1.14. The fourth-order valence-corrected chi connectivity index (χ4v) is 1.000. The van der Waals surface area contributed by atoms with E-state index in [1.165, 1.54) is 0 Å². The fourth-order valence-electron chi connectivity index (χ4n) is 0.890. The van der Waals surface area contributed by atoms with Crippen LogP contribution in [0.3, 0.4) is 0 Å². The summed E-state index contributed by atoms with van der Waals surface area (Å²) in [5.74, 6) is 0.699. The molecule has 0 saturated heterocycles. The third kappa shape index (κ3) is 2.87. The van der Waals surface area contributed by atoms with Crippen molar-refractivity contribution in [2.45, 2.75) is 6.92 Å². The number of nitrogens with zero attached hydrogens (tertiary/aromatic N) is 1. The Labute approximate surface area is 82.1 Å². The van der Waals surface area contributed by atoms with E-state index in [0.29, 0.717) is 18.0 Å². The number of hydrogen-bond donors (Lipinski definition) is 2. The zero-order valence-electron chi connectivity index (χ0n) is 7.28. The first-order chi connectivity index (χ1) is 6.24. The maximum absolute atomic E-state index is 5.33. The van der Waals surface area contributed by atoms with E-state index in [1.54, 1.807) is 18.5 Å². The van der Waals surface area contributed by atoms with Crippen molar-refractivity contribution in [1.82, 2.24) is 4.98 Å². The standard InChI is InChI=1S/C8H11N3OS/c1-2-12-7-3-4-10-5-6(7)11-8(9)13/h3-5H,2H2,1H3,(H3,9,11,13). The quantitative estimate of drug-likeness (QED) is 0.711. The average molecular weight is 197 g/mol. The summed E-state index contributed by atoms with van der Waals surface area (Å²) in [4.78, 5) is 3.92. The number of ether oxygens (including phenoxy) is 1. The first kappa shape index (κ1) is 9.73. The van der Waals surface area contributed by atoms with Gasteiger partial charge in [-0.1, -0.05) is 0 Å². The molecule has 0 unspecified atom stereocenters. The lowest BCUT2D eigenvalue weighted by atomic mass is 10.4. The number of anilines is 1. The van der Waals surface area contributed by atoms with Crippen LogP contribution in [0, 0.1) is 0 Å². The summed E-state index contributed by atoms with van der Waals surface area (Å²) in [5, 5.41) is 2.98. The molecule has 1 aromatic rings. The van der Waals surface area contributed by atoms with Gasteiger partial charge in [0.05, 0.1) is 12.8 Å². The fraction of sp³-hybridized carbons (Fsp3) is 0.250. The van der Waals surface area contributed by atoms with Crippen LogP contribution in [0.5, 0.6) is 5.75 Å². The van der Waals surface area contributed by atoms with Crippen LogP contribution in [0.15, 0.2) is 18.5 Å². The van der Waals surface area contributed by atoms with E-state index in [2.05, 4.69) is 10.3 Å². The first-order valence-corrected chi connectivity index (χ1v) is 4.28. The van der Waals surface area contributed by atoms with Crippen LogP contribution in [-0.4, -0.2) is 16.7 Å². The van der Waals surface area contributed by atoms with E-state index in [0.717, 1.165) is 0 Å². The van der Waals surface area contributed by atoms with Gasteiger partial charge in [0.25, 0.3) is 0 Å². The molecule has 0 aliphatic heterocycles. The summed E-state index contributed by atoms with van der Waals surface area (Å²) >= 11 is 4.70. The topological polar surface area (TPSA) is 60.2 Å². The molecule has 0 amide bonds. The molecule has 1 heterocycles. The van der Waals surface area contributed by atoms with Crippen LogP contribution in [0.1, 0.15) is 6.92 Å². The summed E-state index contributed by atoms with van der Waals surface area (Å²) in [6.07, 6.45) is 3.26. The van der Waals surface area contributed by atoms with Crippen molar-refractivity contribution < 1.29 is 4.74 Å². The van der Waals surface area contributed by atoms with Crippen molar-refractivity contribution >= 4 is 23.0 Å². The van der Waals surface area contributed by atoms with E-state index < -0.39 is 0 Å². The van der Waals surface area contributed by atoms with Gasteiger partial charge in [-0.2, -0.15) is 0 Å². The number of nitrogens with one attached hydrogen (secondary N) is 1. The number of nitrogens with two attached hydrogens (primary N) is 1. The minimum atomic E-state index is 0.203. The smallest absolute Gasteiger partial charge is 0.168 e. The maximum Gasteiger partial charge on any atom is 0.168 e. The van der Waals surface area contributed by atoms with Crippen LogP contribution < -0.4 is 15.8 Å². The summed E-state index contributed by atoms with van der Waals surface area (Å²) in [5.41, 5.74) is 6.02. The number of aromatic nitrogens is 1. The van der Waals surface area contributed by atoms with Crippen molar-refractivity contribution in [3.63, 3.8) is 0 Å². The van der Waals surface area contributed by atoms with Gasteiger partial charge in [-0.3, -0.25) is 4.98 Å². The van der Waals surface area contributed by atoms with Gasteiger partial charge in [0.2, 0.25) is 0 Å². The largest absolute Gasteiger partial charge is 0.492 e. The van der Waals surface area contributed by atoms with Crippen molar-refractivity contribution in [2.24, 2.45) is 5.73 Å². The van der Waals surface area contributed by atoms with Crippen molar-refractivity contribution in [2.75, 3.05) is 11.9 Å². The molecular weight excluding hydrogens is 186 g/mol. The minimum Gasteiger partial charge on any atom is -0.492 e. The Kier molecular flexibility index (Phi) is 3.45. The molecule has 0 spiro atoms. The molecule has 0 saturated carbocycles. The van der Waals surface area contributed by atoms with Gasteiger partial charge in [-0.05, 0) is 19.1 Å². The summed E-state index contributed by atoms with van der Waals surface area (Å²) in [6, 6.07) is 1.75. The normalized spacial score (nSPS) is 9.31. The molecule has 5 heteroatoms. The van der Waals surface area contributed by atoms with Gasteiger partial charge in [-0.25, -0.2) is 0 Å². The summed E-state index contributed by atoms with van der Waals surface area (Å²) < 4.78 is 5.32. The molecular formula is C8H11N3OS. The molecule has 0 aliphatic rings. The lowest BCUT2D eigenvalue weighted by Crippen LogP contribution is -2.19. The second-order valence-corrected chi connectivity index (χ2v) is 2.73. The van der Waals surface area contributed by atoms with Crippen LogP contribution in [-0.2, 0) is 0 Å². The highest BCUT2D eigenvalue weighted by Gasteiger charge is 2.02. The Hall–Kier alpha value is -1.36. The number of thiocarbonyl (C=S) groups is 1. The van der Waals surface area contributed by atoms with Crippen molar-refractivity contribution in [3.05, 3.63) is 18.5 Å². The van der Waals surface area contributed by atoms with Crippen LogP contribution in [0.2, 0.25) is 0 Å². The van der Waals surface area contributed by atoms with E-state index in [9.17, 15) is 0 Å². The monoisotopic (exact) mass is 197 g/mol. The molecule has 0 aliphatic carbocycles. The second-order valence-electron chi connectivity index (χ2n) is 2.29. The highest BCUT2D eigenvalue weighted by Crippen LogP contribution is 2.21. The highest BCUT2D eigenvalue weighted by molar-refractivity contribution is 7.80. The zero-order chi connectivity index (χ0) is 9.68. The molecule has 4 nitrogen and oxygen atoms in total. The van der Waals surface area contributed by atoms with E-state index in [1.807, 2.05) is 6.92 Å². The molecule has 0 atom stereocenters. The third-order valence-electron chi connectivity index (χ3n) is 1.34. The minimum absolute atomic E-state index is 0.203. The van der Waals surface area contributed by atoms with Crippen molar-refractivity contribution in [3.8, 4) is 5.75 Å². The molecule has 0 fully saturated rings. The first-order valence-electron chi connectivity index (χ1n) is 3.87. The number of hydrogen-bond acceptors (Lipinski definition) is 3. The van der Waals surface area contributed by atoms with Gasteiger partial charge >= 0.3 is 0 Å². The zero-order valence-corrected chi connectivity index (χ0v) is 8.10. The third-order valence-corrected chi connectivity index (χ3v) is 1.44. The SMILES string of the molecule is CCOc1ccncc1NC(N)=S. The van der Waals surface area contributed by atoms with Gasteiger partial charge in [0.15, 0.2) is 5.11 Å². The molecule has 0 radical (unpaired) electrons. The van der Waals surface area contributed by atoms with Crippen molar-refractivity contribution in [1.29, 1.82) is 0 Å². The molecule has 1 aromatic heterocycles. The van der Waals surface area contributed by atoms with Gasteiger partial charge in [0.1, 0.15) is 11.4 Å². The Morgan fingerprint density at radius 3 is 3.15 bits per heavy atom. The lowest BCUT2D eigenvalue weighted by Gasteiger charge is -2.09. The van der Waals surface area contributed by atoms with Crippen LogP contribution in [0.25, 0.3) is 0 Å². The number of rotatable bonds is 3. The molecule has 0 aromatic carbocycles. The maximum atomic E-state index is 5.33.